The van der Waals surface area contributed by atoms with Crippen LogP contribution in [0.1, 0.15) is 39.8 Å². The van der Waals surface area contributed by atoms with Crippen molar-refractivity contribution < 1.29 is 0 Å². The van der Waals surface area contributed by atoms with Crippen LogP contribution in [0.2, 0.25) is 0 Å². The lowest BCUT2D eigenvalue weighted by Crippen LogP contribution is -1.83. The van der Waals surface area contributed by atoms with Gasteiger partial charge in [0.05, 0.1) is 18.2 Å². The molecule has 0 spiro atoms. The summed E-state index contributed by atoms with van der Waals surface area (Å²) in [5.41, 5.74) is 1.15. The second-order valence-corrected chi connectivity index (χ2v) is 2.25. The third-order valence-corrected chi connectivity index (χ3v) is 1.52. The smallest absolute Gasteiger partial charge is 0.0991 e. The Labute approximate surface area is 87.0 Å². The molecular formula is C12H20N2. The molecule has 2 heteroatoms. The standard InChI is InChI=1S/C8H8N2.2C2H6/c1-2-4-8-6-9-7-10(8)5-3-1;2*1-2/h2-7H,1H2;2*1-2H3. The fourth-order valence-corrected chi connectivity index (χ4v) is 1.01. The summed E-state index contributed by atoms with van der Waals surface area (Å²) in [6.45, 7) is 8.00. The molecule has 2 rings (SSSR count). The van der Waals surface area contributed by atoms with Crippen molar-refractivity contribution in [2.24, 2.45) is 0 Å². The van der Waals surface area contributed by atoms with Crippen LogP contribution >= 0.6 is 0 Å². The molecule has 0 fully saturated rings. The van der Waals surface area contributed by atoms with Gasteiger partial charge in [-0.05, 0) is 12.5 Å². The summed E-state index contributed by atoms with van der Waals surface area (Å²) < 4.78 is 2.00. The Kier molecular flexibility index (Phi) is 7.52. The number of allylic oxidation sites excluding steroid dienone is 2. The molecule has 0 N–H and O–H groups in total. The molecule has 2 heterocycles. The molecule has 1 aliphatic rings. The predicted molar refractivity (Wildman–Crippen MR) is 63.9 cm³/mol. The van der Waals surface area contributed by atoms with Gasteiger partial charge in [-0.25, -0.2) is 4.98 Å². The van der Waals surface area contributed by atoms with E-state index in [1.165, 1.54) is 0 Å². The molecule has 2 nitrogen and oxygen atoms in total. The Morgan fingerprint density at radius 3 is 2.57 bits per heavy atom. The van der Waals surface area contributed by atoms with Crippen molar-refractivity contribution in [2.45, 2.75) is 34.1 Å². The molecule has 0 unspecified atom stereocenters. The molecule has 1 aromatic heterocycles. The van der Waals surface area contributed by atoms with Gasteiger partial charge in [-0.15, -0.1) is 0 Å². The first kappa shape index (κ1) is 12.7. The Balaban J connectivity index is 0.000000379. The Hall–Kier alpha value is -1.31. The monoisotopic (exact) mass is 192 g/mol. The first-order chi connectivity index (χ1) is 6.97. The molecule has 0 saturated carbocycles. The van der Waals surface area contributed by atoms with Crippen molar-refractivity contribution in [1.29, 1.82) is 0 Å². The summed E-state index contributed by atoms with van der Waals surface area (Å²) in [4.78, 5) is 4.01. The highest BCUT2D eigenvalue weighted by Crippen LogP contribution is 2.07. The molecule has 0 radical (unpaired) electrons. The van der Waals surface area contributed by atoms with E-state index in [4.69, 9.17) is 0 Å². The van der Waals surface area contributed by atoms with Gasteiger partial charge in [-0.2, -0.15) is 0 Å². The van der Waals surface area contributed by atoms with Crippen LogP contribution in [-0.2, 0) is 0 Å². The average molecular weight is 192 g/mol. The van der Waals surface area contributed by atoms with Crippen LogP contribution in [0.5, 0.6) is 0 Å². The quantitative estimate of drug-likeness (QED) is 0.611. The molecule has 14 heavy (non-hydrogen) atoms. The van der Waals surface area contributed by atoms with E-state index in [-0.39, 0.29) is 0 Å². The average Bonchev–Trinajstić information content (AvgIpc) is 2.61. The minimum absolute atomic E-state index is 1.02. The van der Waals surface area contributed by atoms with Gasteiger partial charge in [0.2, 0.25) is 0 Å². The number of nitrogens with zero attached hydrogens (tertiary/aromatic N) is 2. The van der Waals surface area contributed by atoms with Crippen molar-refractivity contribution in [1.82, 2.24) is 9.55 Å². The van der Waals surface area contributed by atoms with Crippen LogP contribution in [0.4, 0.5) is 0 Å². The lowest BCUT2D eigenvalue weighted by atomic mass is 10.3. The molecule has 0 saturated heterocycles. The highest BCUT2D eigenvalue weighted by molar-refractivity contribution is 5.50. The molecule has 1 aromatic rings. The summed E-state index contributed by atoms with van der Waals surface area (Å²) >= 11 is 0. The summed E-state index contributed by atoms with van der Waals surface area (Å²) in [6.07, 6.45) is 13.0. The van der Waals surface area contributed by atoms with E-state index in [0.29, 0.717) is 0 Å². The molecule has 0 aliphatic carbocycles. The fraction of sp³-hybridized carbons (Fsp3) is 0.417. The first-order valence-electron chi connectivity index (χ1n) is 5.32. The summed E-state index contributed by atoms with van der Waals surface area (Å²) in [5.74, 6) is 0. The van der Waals surface area contributed by atoms with Gasteiger partial charge in [-0.3, -0.25) is 0 Å². The van der Waals surface area contributed by atoms with Crippen LogP contribution in [-0.4, -0.2) is 9.55 Å². The maximum atomic E-state index is 4.01. The van der Waals surface area contributed by atoms with E-state index < -0.39 is 0 Å². The zero-order valence-electron chi connectivity index (χ0n) is 9.57. The summed E-state index contributed by atoms with van der Waals surface area (Å²) in [6, 6.07) is 0. The zero-order valence-corrected chi connectivity index (χ0v) is 9.57. The van der Waals surface area contributed by atoms with Gasteiger partial charge >= 0.3 is 0 Å². The SMILES string of the molecule is C1=Cc2cncn2C=CC1.CC.CC. The van der Waals surface area contributed by atoms with Crippen molar-refractivity contribution in [3.05, 3.63) is 30.4 Å². The lowest BCUT2D eigenvalue weighted by Gasteiger charge is -1.91. The van der Waals surface area contributed by atoms with E-state index in [9.17, 15) is 0 Å². The van der Waals surface area contributed by atoms with Gasteiger partial charge < -0.3 is 4.57 Å². The van der Waals surface area contributed by atoms with E-state index in [0.717, 1.165) is 12.1 Å². The third kappa shape index (κ3) is 3.60. The minimum atomic E-state index is 1.02. The van der Waals surface area contributed by atoms with Crippen molar-refractivity contribution in [3.63, 3.8) is 0 Å². The van der Waals surface area contributed by atoms with Crippen LogP contribution in [0.3, 0.4) is 0 Å². The number of aromatic nitrogens is 2. The highest BCUT2D eigenvalue weighted by Gasteiger charge is 1.94. The highest BCUT2D eigenvalue weighted by atomic mass is 15.0. The van der Waals surface area contributed by atoms with Crippen LogP contribution in [0.15, 0.2) is 24.7 Å². The molecule has 0 bridgehead atoms. The summed E-state index contributed by atoms with van der Waals surface area (Å²) in [5, 5.41) is 0. The normalized spacial score (nSPS) is 11.4. The van der Waals surface area contributed by atoms with Crippen molar-refractivity contribution in [3.8, 4) is 0 Å². The van der Waals surface area contributed by atoms with Gasteiger partial charge in [0.15, 0.2) is 0 Å². The second kappa shape index (κ2) is 8.30. The van der Waals surface area contributed by atoms with Gasteiger partial charge in [-0.1, -0.05) is 39.8 Å². The molecular weight excluding hydrogens is 172 g/mol. The van der Waals surface area contributed by atoms with E-state index in [2.05, 4.69) is 23.2 Å². The minimum Gasteiger partial charge on any atom is -0.307 e. The second-order valence-electron chi connectivity index (χ2n) is 2.25. The number of hydrogen-bond donors (Lipinski definition) is 0. The maximum Gasteiger partial charge on any atom is 0.0991 e. The number of fused-ring (bicyclic) bond motifs is 1. The molecule has 0 aromatic carbocycles. The number of rotatable bonds is 0. The van der Waals surface area contributed by atoms with E-state index >= 15 is 0 Å². The molecule has 0 amide bonds. The van der Waals surface area contributed by atoms with Crippen LogP contribution in [0, 0.1) is 0 Å². The van der Waals surface area contributed by atoms with Gasteiger partial charge in [0, 0.05) is 6.20 Å². The Bertz CT molecular complexity index is 256. The first-order valence-corrected chi connectivity index (χ1v) is 5.32. The maximum absolute atomic E-state index is 4.01. The predicted octanol–water partition coefficient (Wildman–Crippen LogP) is 3.82. The third-order valence-electron chi connectivity index (χ3n) is 1.52. The largest absolute Gasteiger partial charge is 0.307 e. The summed E-state index contributed by atoms with van der Waals surface area (Å²) in [7, 11) is 0. The van der Waals surface area contributed by atoms with Crippen molar-refractivity contribution in [2.75, 3.05) is 0 Å². The van der Waals surface area contributed by atoms with Gasteiger partial charge in [0.25, 0.3) is 0 Å². The van der Waals surface area contributed by atoms with Gasteiger partial charge in [0.1, 0.15) is 0 Å². The van der Waals surface area contributed by atoms with Crippen LogP contribution < -0.4 is 0 Å². The lowest BCUT2D eigenvalue weighted by molar-refractivity contribution is 1.12. The number of hydrogen-bond acceptors (Lipinski definition) is 1. The van der Waals surface area contributed by atoms with Crippen LogP contribution in [0.25, 0.3) is 12.3 Å². The van der Waals surface area contributed by atoms with E-state index in [1.807, 2.05) is 51.0 Å². The topological polar surface area (TPSA) is 17.8 Å². The Morgan fingerprint density at radius 2 is 1.86 bits per heavy atom. The molecule has 1 aliphatic heterocycles. The Morgan fingerprint density at radius 1 is 1.14 bits per heavy atom. The van der Waals surface area contributed by atoms with E-state index in [1.54, 1.807) is 0 Å². The fourth-order valence-electron chi connectivity index (χ4n) is 1.01. The molecule has 78 valence electrons. The molecule has 0 atom stereocenters. The van der Waals surface area contributed by atoms with Crippen molar-refractivity contribution >= 4 is 12.3 Å². The zero-order chi connectivity index (χ0) is 10.8. The number of imidazole rings is 1.